The lowest BCUT2D eigenvalue weighted by atomic mass is 10.2. The molecule has 0 saturated heterocycles. The van der Waals surface area contributed by atoms with Gasteiger partial charge in [0.2, 0.25) is 5.91 Å². The molecule has 0 atom stereocenters. The third-order valence-electron chi connectivity index (χ3n) is 2.51. The number of nitriles is 1. The van der Waals surface area contributed by atoms with E-state index < -0.39 is 0 Å². The lowest BCUT2D eigenvalue weighted by Gasteiger charge is -2.01. The van der Waals surface area contributed by atoms with Crippen molar-refractivity contribution < 1.29 is 4.79 Å². The number of anilines is 1. The first kappa shape index (κ1) is 12.6. The number of carbonyl (C=O) groups is 1. The quantitative estimate of drug-likeness (QED) is 0.848. The molecule has 0 heterocycles. The second-order valence-corrected chi connectivity index (χ2v) is 3.92. The van der Waals surface area contributed by atoms with E-state index in [2.05, 4.69) is 5.32 Å². The van der Waals surface area contributed by atoms with Gasteiger partial charge in [0, 0.05) is 11.8 Å². The molecule has 0 bridgehead atoms. The van der Waals surface area contributed by atoms with Crippen molar-refractivity contribution in [2.75, 3.05) is 5.32 Å². The van der Waals surface area contributed by atoms with Crippen LogP contribution in [0, 0.1) is 11.3 Å². The Kier molecular flexibility index (Phi) is 4.09. The zero-order valence-corrected chi connectivity index (χ0v) is 10.2. The Morgan fingerprint density at radius 1 is 1.05 bits per heavy atom. The molecule has 3 nitrogen and oxygen atoms in total. The fourth-order valence-corrected chi connectivity index (χ4v) is 1.55. The van der Waals surface area contributed by atoms with Crippen molar-refractivity contribution in [3.8, 4) is 6.07 Å². The van der Waals surface area contributed by atoms with E-state index in [1.54, 1.807) is 30.3 Å². The largest absolute Gasteiger partial charge is 0.323 e. The van der Waals surface area contributed by atoms with Crippen LogP contribution in [-0.2, 0) is 4.79 Å². The monoisotopic (exact) mass is 248 g/mol. The van der Waals surface area contributed by atoms with Gasteiger partial charge in [-0.05, 0) is 35.9 Å². The van der Waals surface area contributed by atoms with Crippen LogP contribution in [0.25, 0.3) is 6.08 Å². The molecule has 0 aliphatic heterocycles. The van der Waals surface area contributed by atoms with E-state index in [0.29, 0.717) is 11.3 Å². The van der Waals surface area contributed by atoms with Crippen LogP contribution in [0.15, 0.2) is 60.7 Å². The molecule has 0 unspecified atom stereocenters. The van der Waals surface area contributed by atoms with E-state index in [-0.39, 0.29) is 5.91 Å². The molecule has 0 aliphatic carbocycles. The summed E-state index contributed by atoms with van der Waals surface area (Å²) in [5.74, 6) is -0.200. The van der Waals surface area contributed by atoms with Gasteiger partial charge in [0.05, 0.1) is 11.6 Å². The highest BCUT2D eigenvalue weighted by molar-refractivity contribution is 6.01. The first-order valence-corrected chi connectivity index (χ1v) is 5.82. The first-order valence-electron chi connectivity index (χ1n) is 5.82. The standard InChI is InChI=1S/C16H12N2O/c17-12-14-6-9-15(10-7-14)18-16(19)11-8-13-4-2-1-3-5-13/h1-11H,(H,18,19)/b11-8+. The highest BCUT2D eigenvalue weighted by Gasteiger charge is 1.97. The van der Waals surface area contributed by atoms with Gasteiger partial charge in [-0.25, -0.2) is 0 Å². The van der Waals surface area contributed by atoms with Gasteiger partial charge >= 0.3 is 0 Å². The van der Waals surface area contributed by atoms with Gasteiger partial charge in [-0.1, -0.05) is 30.3 Å². The molecule has 3 heteroatoms. The summed E-state index contributed by atoms with van der Waals surface area (Å²) in [6.07, 6.45) is 3.23. The Hall–Kier alpha value is -2.86. The summed E-state index contributed by atoms with van der Waals surface area (Å²) < 4.78 is 0. The molecule has 92 valence electrons. The fourth-order valence-electron chi connectivity index (χ4n) is 1.55. The van der Waals surface area contributed by atoms with E-state index in [9.17, 15) is 4.79 Å². The van der Waals surface area contributed by atoms with Crippen LogP contribution in [0.1, 0.15) is 11.1 Å². The van der Waals surface area contributed by atoms with E-state index in [0.717, 1.165) is 5.56 Å². The van der Waals surface area contributed by atoms with Crippen LogP contribution in [0.5, 0.6) is 0 Å². The number of benzene rings is 2. The average molecular weight is 248 g/mol. The Morgan fingerprint density at radius 3 is 2.37 bits per heavy atom. The number of hydrogen-bond donors (Lipinski definition) is 1. The molecule has 2 aromatic carbocycles. The highest BCUT2D eigenvalue weighted by Crippen LogP contribution is 2.09. The summed E-state index contributed by atoms with van der Waals surface area (Å²) in [7, 11) is 0. The number of nitrogens with zero attached hydrogens (tertiary/aromatic N) is 1. The lowest BCUT2D eigenvalue weighted by Crippen LogP contribution is -2.07. The molecule has 2 rings (SSSR count). The van der Waals surface area contributed by atoms with Gasteiger partial charge in [-0.15, -0.1) is 0 Å². The van der Waals surface area contributed by atoms with Crippen molar-refractivity contribution in [3.05, 3.63) is 71.8 Å². The van der Waals surface area contributed by atoms with Crippen molar-refractivity contribution in [2.45, 2.75) is 0 Å². The molecule has 0 saturated carbocycles. The molecule has 0 fully saturated rings. The maximum absolute atomic E-state index is 11.7. The predicted molar refractivity (Wildman–Crippen MR) is 75.3 cm³/mol. The molecule has 2 aromatic rings. The Bertz CT molecular complexity index is 622. The van der Waals surface area contributed by atoms with Gasteiger partial charge in [-0.2, -0.15) is 5.26 Å². The van der Waals surface area contributed by atoms with Gasteiger partial charge in [0.25, 0.3) is 0 Å². The minimum absolute atomic E-state index is 0.200. The third kappa shape index (κ3) is 3.83. The molecular formula is C16H12N2O. The maximum atomic E-state index is 11.7. The molecule has 1 amide bonds. The fraction of sp³-hybridized carbons (Fsp3) is 0. The number of amides is 1. The van der Waals surface area contributed by atoms with E-state index >= 15 is 0 Å². The maximum Gasteiger partial charge on any atom is 0.248 e. The molecule has 1 N–H and O–H groups in total. The van der Waals surface area contributed by atoms with Crippen molar-refractivity contribution in [1.29, 1.82) is 5.26 Å². The minimum Gasteiger partial charge on any atom is -0.323 e. The topological polar surface area (TPSA) is 52.9 Å². The van der Waals surface area contributed by atoms with Gasteiger partial charge in [-0.3, -0.25) is 4.79 Å². The summed E-state index contributed by atoms with van der Waals surface area (Å²) in [4.78, 5) is 11.7. The first-order chi connectivity index (χ1) is 9.28. The number of nitrogens with one attached hydrogen (secondary N) is 1. The minimum atomic E-state index is -0.200. The Morgan fingerprint density at radius 2 is 1.74 bits per heavy atom. The molecule has 0 aliphatic rings. The van der Waals surface area contributed by atoms with Gasteiger partial charge < -0.3 is 5.32 Å². The predicted octanol–water partition coefficient (Wildman–Crippen LogP) is 3.21. The SMILES string of the molecule is N#Cc1ccc(NC(=O)/C=C/c2ccccc2)cc1. The number of carbonyl (C=O) groups excluding carboxylic acids is 1. The zero-order chi connectivity index (χ0) is 13.5. The normalized spacial score (nSPS) is 10.1. The molecule has 0 spiro atoms. The van der Waals surface area contributed by atoms with E-state index in [1.165, 1.54) is 6.08 Å². The zero-order valence-electron chi connectivity index (χ0n) is 10.2. The summed E-state index contributed by atoms with van der Waals surface area (Å²) in [6, 6.07) is 18.4. The highest BCUT2D eigenvalue weighted by atomic mass is 16.1. The van der Waals surface area contributed by atoms with Crippen molar-refractivity contribution >= 4 is 17.7 Å². The van der Waals surface area contributed by atoms with Crippen molar-refractivity contribution in [1.82, 2.24) is 0 Å². The van der Waals surface area contributed by atoms with Crippen LogP contribution >= 0.6 is 0 Å². The molecule has 19 heavy (non-hydrogen) atoms. The van der Waals surface area contributed by atoms with Crippen LogP contribution in [0.2, 0.25) is 0 Å². The summed E-state index contributed by atoms with van der Waals surface area (Å²) in [6.45, 7) is 0. The molecule has 0 radical (unpaired) electrons. The molecule has 0 aromatic heterocycles. The van der Waals surface area contributed by atoms with Crippen molar-refractivity contribution in [3.63, 3.8) is 0 Å². The number of hydrogen-bond acceptors (Lipinski definition) is 2. The average Bonchev–Trinajstić information content (AvgIpc) is 2.47. The van der Waals surface area contributed by atoms with Gasteiger partial charge in [0.1, 0.15) is 0 Å². The summed E-state index contributed by atoms with van der Waals surface area (Å²) in [5.41, 5.74) is 2.21. The third-order valence-corrected chi connectivity index (χ3v) is 2.51. The van der Waals surface area contributed by atoms with Crippen molar-refractivity contribution in [2.24, 2.45) is 0 Å². The number of rotatable bonds is 3. The second kappa shape index (κ2) is 6.18. The van der Waals surface area contributed by atoms with Crippen LogP contribution < -0.4 is 5.32 Å². The lowest BCUT2D eigenvalue weighted by molar-refractivity contribution is -0.111. The second-order valence-electron chi connectivity index (χ2n) is 3.92. The summed E-state index contributed by atoms with van der Waals surface area (Å²) >= 11 is 0. The van der Waals surface area contributed by atoms with Crippen LogP contribution in [0.4, 0.5) is 5.69 Å². The van der Waals surface area contributed by atoms with Crippen LogP contribution in [-0.4, -0.2) is 5.91 Å². The Labute approximate surface area is 111 Å². The molecular weight excluding hydrogens is 236 g/mol. The van der Waals surface area contributed by atoms with Crippen LogP contribution in [0.3, 0.4) is 0 Å². The van der Waals surface area contributed by atoms with E-state index in [1.807, 2.05) is 36.4 Å². The smallest absolute Gasteiger partial charge is 0.248 e. The summed E-state index contributed by atoms with van der Waals surface area (Å²) in [5, 5.41) is 11.4. The van der Waals surface area contributed by atoms with E-state index in [4.69, 9.17) is 5.26 Å². The van der Waals surface area contributed by atoms with Gasteiger partial charge in [0.15, 0.2) is 0 Å². The Balaban J connectivity index is 1.98.